The molecule has 0 unspecified atom stereocenters. The lowest BCUT2D eigenvalue weighted by atomic mass is 10.1. The SMILES string of the molecule is Fc1cc(F)cc(CN(CCc2ccccc2)Cc2ccncc2)c1. The zero-order valence-electron chi connectivity index (χ0n) is 13.9. The summed E-state index contributed by atoms with van der Waals surface area (Å²) in [4.78, 5) is 6.23. The summed E-state index contributed by atoms with van der Waals surface area (Å²) < 4.78 is 27.0. The molecule has 0 fully saturated rings. The maximum absolute atomic E-state index is 13.5. The van der Waals surface area contributed by atoms with Crippen LogP contribution in [-0.2, 0) is 19.5 Å². The molecule has 1 aromatic heterocycles. The average Bonchev–Trinajstić information content (AvgIpc) is 2.61. The Balaban J connectivity index is 1.73. The van der Waals surface area contributed by atoms with Crippen molar-refractivity contribution in [1.29, 1.82) is 0 Å². The van der Waals surface area contributed by atoms with E-state index >= 15 is 0 Å². The highest BCUT2D eigenvalue weighted by Gasteiger charge is 2.10. The number of hydrogen-bond donors (Lipinski definition) is 0. The summed E-state index contributed by atoms with van der Waals surface area (Å²) in [6.45, 7) is 1.99. The first-order chi connectivity index (χ1) is 12.2. The standard InChI is InChI=1S/C21H20F2N2/c22-20-12-19(13-21(23)14-20)16-25(15-18-6-9-24-10-7-18)11-8-17-4-2-1-3-5-17/h1-7,9-10,12-14H,8,11,15-16H2. The van der Waals surface area contributed by atoms with Crippen molar-refractivity contribution in [2.45, 2.75) is 19.5 Å². The highest BCUT2D eigenvalue weighted by Crippen LogP contribution is 2.14. The first kappa shape index (κ1) is 17.2. The number of hydrogen-bond acceptors (Lipinski definition) is 2. The van der Waals surface area contributed by atoms with Gasteiger partial charge in [0.05, 0.1) is 0 Å². The van der Waals surface area contributed by atoms with E-state index in [0.717, 1.165) is 24.6 Å². The lowest BCUT2D eigenvalue weighted by molar-refractivity contribution is 0.259. The van der Waals surface area contributed by atoms with Crippen LogP contribution in [0.5, 0.6) is 0 Å². The summed E-state index contributed by atoms with van der Waals surface area (Å²) >= 11 is 0. The smallest absolute Gasteiger partial charge is 0.126 e. The zero-order valence-corrected chi connectivity index (χ0v) is 13.9. The van der Waals surface area contributed by atoms with Gasteiger partial charge < -0.3 is 0 Å². The van der Waals surface area contributed by atoms with Gasteiger partial charge in [-0.1, -0.05) is 30.3 Å². The van der Waals surface area contributed by atoms with E-state index in [4.69, 9.17) is 0 Å². The molecule has 0 amide bonds. The van der Waals surface area contributed by atoms with E-state index in [2.05, 4.69) is 22.0 Å². The molecule has 0 aliphatic carbocycles. The number of halogens is 2. The van der Waals surface area contributed by atoms with Crippen molar-refractivity contribution in [3.8, 4) is 0 Å². The Morgan fingerprint density at radius 1 is 0.720 bits per heavy atom. The van der Waals surface area contributed by atoms with Crippen LogP contribution in [0.3, 0.4) is 0 Å². The van der Waals surface area contributed by atoms with Crippen LogP contribution in [0.15, 0.2) is 73.1 Å². The van der Waals surface area contributed by atoms with Gasteiger partial charge in [-0.3, -0.25) is 9.88 Å². The van der Waals surface area contributed by atoms with Crippen molar-refractivity contribution in [3.05, 3.63) is 101 Å². The van der Waals surface area contributed by atoms with Crippen molar-refractivity contribution >= 4 is 0 Å². The molecule has 1 heterocycles. The Hall–Kier alpha value is -2.59. The summed E-state index contributed by atoms with van der Waals surface area (Å²) in [5, 5.41) is 0. The molecule has 0 aliphatic heterocycles. The van der Waals surface area contributed by atoms with E-state index in [1.165, 1.54) is 17.7 Å². The first-order valence-corrected chi connectivity index (χ1v) is 8.29. The van der Waals surface area contributed by atoms with Crippen LogP contribution < -0.4 is 0 Å². The second-order valence-electron chi connectivity index (χ2n) is 6.08. The third-order valence-electron chi connectivity index (χ3n) is 4.04. The van der Waals surface area contributed by atoms with Gasteiger partial charge in [0, 0.05) is 38.1 Å². The predicted molar refractivity (Wildman–Crippen MR) is 94.9 cm³/mol. The fourth-order valence-electron chi connectivity index (χ4n) is 2.85. The molecule has 0 aliphatic rings. The third kappa shape index (κ3) is 5.47. The van der Waals surface area contributed by atoms with E-state index in [-0.39, 0.29) is 0 Å². The molecule has 0 atom stereocenters. The molecule has 3 aromatic rings. The van der Waals surface area contributed by atoms with Gasteiger partial charge in [-0.05, 0) is 47.4 Å². The Morgan fingerprint density at radius 2 is 1.36 bits per heavy atom. The van der Waals surface area contributed by atoms with Gasteiger partial charge in [-0.15, -0.1) is 0 Å². The second-order valence-corrected chi connectivity index (χ2v) is 6.08. The Bertz CT molecular complexity index is 771. The van der Waals surface area contributed by atoms with E-state index in [0.29, 0.717) is 18.7 Å². The quantitative estimate of drug-likeness (QED) is 0.626. The Kier molecular flexibility index (Phi) is 5.86. The molecule has 0 saturated heterocycles. The van der Waals surface area contributed by atoms with Crippen LogP contribution in [0.4, 0.5) is 8.78 Å². The largest absolute Gasteiger partial charge is 0.294 e. The molecule has 2 aromatic carbocycles. The lowest BCUT2D eigenvalue weighted by Gasteiger charge is -2.23. The maximum atomic E-state index is 13.5. The zero-order chi connectivity index (χ0) is 17.5. The monoisotopic (exact) mass is 338 g/mol. The highest BCUT2D eigenvalue weighted by atomic mass is 19.1. The molecule has 0 N–H and O–H groups in total. The molecule has 0 saturated carbocycles. The predicted octanol–water partition coefficient (Wildman–Crippen LogP) is 4.60. The van der Waals surface area contributed by atoms with Crippen LogP contribution in [-0.4, -0.2) is 16.4 Å². The number of pyridine rings is 1. The summed E-state index contributed by atoms with van der Waals surface area (Å²) in [5.74, 6) is -1.08. The summed E-state index contributed by atoms with van der Waals surface area (Å²) in [7, 11) is 0. The van der Waals surface area contributed by atoms with Crippen LogP contribution >= 0.6 is 0 Å². The van der Waals surface area contributed by atoms with Crippen molar-refractivity contribution in [1.82, 2.24) is 9.88 Å². The van der Waals surface area contributed by atoms with Gasteiger partial charge in [0.15, 0.2) is 0 Å². The topological polar surface area (TPSA) is 16.1 Å². The van der Waals surface area contributed by atoms with Crippen molar-refractivity contribution < 1.29 is 8.78 Å². The minimum absolute atomic E-state index is 0.490. The molecular weight excluding hydrogens is 318 g/mol. The first-order valence-electron chi connectivity index (χ1n) is 8.29. The second kappa shape index (κ2) is 8.49. The molecular formula is C21H20F2N2. The molecule has 25 heavy (non-hydrogen) atoms. The fourth-order valence-corrected chi connectivity index (χ4v) is 2.85. The average molecular weight is 338 g/mol. The van der Waals surface area contributed by atoms with E-state index in [1.54, 1.807) is 12.4 Å². The normalized spacial score (nSPS) is 11.0. The molecule has 128 valence electrons. The van der Waals surface area contributed by atoms with Gasteiger partial charge in [-0.2, -0.15) is 0 Å². The number of nitrogens with zero attached hydrogens (tertiary/aromatic N) is 2. The van der Waals surface area contributed by atoms with Crippen LogP contribution in [0.2, 0.25) is 0 Å². The van der Waals surface area contributed by atoms with E-state index in [9.17, 15) is 8.78 Å². The Morgan fingerprint density at radius 3 is 2.04 bits per heavy atom. The van der Waals surface area contributed by atoms with Crippen LogP contribution in [0, 0.1) is 11.6 Å². The van der Waals surface area contributed by atoms with E-state index in [1.807, 2.05) is 30.3 Å². The minimum atomic E-state index is -0.540. The summed E-state index contributed by atoms with van der Waals surface area (Å²) in [5.41, 5.74) is 3.01. The minimum Gasteiger partial charge on any atom is -0.294 e. The molecule has 3 rings (SSSR count). The fraction of sp³-hybridized carbons (Fsp3) is 0.190. The van der Waals surface area contributed by atoms with E-state index < -0.39 is 11.6 Å². The van der Waals surface area contributed by atoms with Gasteiger partial charge in [0.2, 0.25) is 0 Å². The molecule has 2 nitrogen and oxygen atoms in total. The van der Waals surface area contributed by atoms with Crippen molar-refractivity contribution in [2.24, 2.45) is 0 Å². The number of benzene rings is 2. The number of rotatable bonds is 7. The summed E-state index contributed by atoms with van der Waals surface area (Å²) in [6, 6.07) is 17.8. The summed E-state index contributed by atoms with van der Waals surface area (Å²) in [6.07, 6.45) is 4.39. The van der Waals surface area contributed by atoms with Crippen LogP contribution in [0.1, 0.15) is 16.7 Å². The molecule has 4 heteroatoms. The highest BCUT2D eigenvalue weighted by molar-refractivity contribution is 5.19. The van der Waals surface area contributed by atoms with Gasteiger partial charge >= 0.3 is 0 Å². The van der Waals surface area contributed by atoms with Gasteiger partial charge in [0.1, 0.15) is 11.6 Å². The third-order valence-corrected chi connectivity index (χ3v) is 4.04. The molecule has 0 radical (unpaired) electrons. The molecule has 0 bridgehead atoms. The van der Waals surface area contributed by atoms with Crippen molar-refractivity contribution in [3.63, 3.8) is 0 Å². The number of aromatic nitrogens is 1. The molecule has 0 spiro atoms. The van der Waals surface area contributed by atoms with Crippen molar-refractivity contribution in [2.75, 3.05) is 6.54 Å². The Labute approximate surface area is 146 Å². The lowest BCUT2D eigenvalue weighted by Crippen LogP contribution is -2.25. The maximum Gasteiger partial charge on any atom is 0.126 e. The van der Waals surface area contributed by atoms with Gasteiger partial charge in [-0.25, -0.2) is 8.78 Å². The van der Waals surface area contributed by atoms with Crippen LogP contribution in [0.25, 0.3) is 0 Å². The van der Waals surface area contributed by atoms with Gasteiger partial charge in [0.25, 0.3) is 0 Å².